The van der Waals surface area contributed by atoms with Gasteiger partial charge in [-0.05, 0) is 54.1 Å². The van der Waals surface area contributed by atoms with Crippen molar-refractivity contribution in [2.24, 2.45) is 0 Å². The summed E-state index contributed by atoms with van der Waals surface area (Å²) in [5.41, 5.74) is 1.19. The van der Waals surface area contributed by atoms with E-state index >= 15 is 0 Å². The van der Waals surface area contributed by atoms with Gasteiger partial charge in [0.1, 0.15) is 17.1 Å². The third kappa shape index (κ3) is 6.58. The monoisotopic (exact) mass is 550 g/mol. The first-order valence-electron chi connectivity index (χ1n) is 11.6. The molecular weight excluding hydrogens is 527 g/mol. The molecule has 2 amide bonds. The van der Waals surface area contributed by atoms with Crippen LogP contribution in [0.1, 0.15) is 27.6 Å². The molecule has 0 fully saturated rings. The number of aromatic carboxylic acids is 1. The van der Waals surface area contributed by atoms with Crippen molar-refractivity contribution in [1.29, 1.82) is 0 Å². The van der Waals surface area contributed by atoms with Crippen LogP contribution in [-0.2, 0) is 0 Å². The van der Waals surface area contributed by atoms with E-state index in [1.54, 1.807) is 60.7 Å². The van der Waals surface area contributed by atoms with Crippen LogP contribution in [0.5, 0.6) is 17.2 Å². The van der Waals surface area contributed by atoms with Gasteiger partial charge in [-0.3, -0.25) is 0 Å². The summed E-state index contributed by atoms with van der Waals surface area (Å²) < 4.78 is 31.3. The molecule has 4 rings (SSSR count). The molecule has 10 heteroatoms. The van der Waals surface area contributed by atoms with Crippen LogP contribution < -0.4 is 24.8 Å². The summed E-state index contributed by atoms with van der Waals surface area (Å²) in [6, 6.07) is 21.1. The van der Waals surface area contributed by atoms with Crippen LogP contribution in [-0.4, -0.2) is 31.3 Å². The van der Waals surface area contributed by atoms with Crippen LogP contribution in [0.4, 0.5) is 20.6 Å². The highest BCUT2D eigenvalue weighted by atomic mass is 35.5. The highest BCUT2D eigenvalue weighted by Crippen LogP contribution is 2.34. The molecule has 0 saturated carbocycles. The van der Waals surface area contributed by atoms with Crippen molar-refractivity contribution < 1.29 is 33.3 Å². The molecule has 4 aromatic carbocycles. The van der Waals surface area contributed by atoms with E-state index in [4.69, 9.17) is 25.8 Å². The molecule has 0 aliphatic heterocycles. The lowest BCUT2D eigenvalue weighted by molar-refractivity contribution is 0.0690. The number of methoxy groups -OCH3 is 2. The van der Waals surface area contributed by atoms with E-state index in [-0.39, 0.29) is 22.6 Å². The third-order valence-electron chi connectivity index (χ3n) is 5.71. The maximum Gasteiger partial charge on any atom is 0.339 e. The maximum absolute atomic E-state index is 14.8. The van der Waals surface area contributed by atoms with Crippen LogP contribution in [0, 0.1) is 5.82 Å². The summed E-state index contributed by atoms with van der Waals surface area (Å²) in [6.07, 6.45) is -0.964. The Morgan fingerprint density at radius 1 is 0.821 bits per heavy atom. The van der Waals surface area contributed by atoms with Gasteiger partial charge in [0.25, 0.3) is 0 Å². The summed E-state index contributed by atoms with van der Waals surface area (Å²) in [7, 11) is 2.97. The topological polar surface area (TPSA) is 106 Å². The van der Waals surface area contributed by atoms with Gasteiger partial charge in [-0.1, -0.05) is 41.9 Å². The van der Waals surface area contributed by atoms with E-state index in [2.05, 4.69) is 10.6 Å². The Labute approximate surface area is 228 Å². The highest BCUT2D eigenvalue weighted by molar-refractivity contribution is 6.30. The number of rotatable bonds is 9. The Morgan fingerprint density at radius 3 is 2.05 bits per heavy atom. The Bertz CT molecular complexity index is 1500. The maximum atomic E-state index is 14.8. The van der Waals surface area contributed by atoms with Crippen molar-refractivity contribution in [2.75, 3.05) is 24.9 Å². The predicted octanol–water partition coefficient (Wildman–Crippen LogP) is 7.01. The van der Waals surface area contributed by atoms with Gasteiger partial charge in [0.05, 0.1) is 14.2 Å². The smallest absolute Gasteiger partial charge is 0.339 e. The fourth-order valence-corrected chi connectivity index (χ4v) is 3.97. The minimum Gasteiger partial charge on any atom is -0.493 e. The van der Waals surface area contributed by atoms with Gasteiger partial charge in [0.15, 0.2) is 17.6 Å². The van der Waals surface area contributed by atoms with Gasteiger partial charge in [-0.25, -0.2) is 14.0 Å². The number of hydrogen-bond acceptors (Lipinski definition) is 5. The van der Waals surface area contributed by atoms with Crippen molar-refractivity contribution in [3.8, 4) is 17.2 Å². The number of carboxylic acids is 1. The zero-order chi connectivity index (χ0) is 27.9. The quantitative estimate of drug-likeness (QED) is 0.207. The number of urea groups is 1. The molecule has 0 aliphatic carbocycles. The number of nitrogens with one attached hydrogen (secondary N) is 2. The van der Waals surface area contributed by atoms with Crippen molar-refractivity contribution >= 4 is 35.0 Å². The summed E-state index contributed by atoms with van der Waals surface area (Å²) in [4.78, 5) is 24.7. The van der Waals surface area contributed by atoms with Gasteiger partial charge in [0, 0.05) is 28.0 Å². The van der Waals surface area contributed by atoms with Gasteiger partial charge in [0.2, 0.25) is 0 Å². The second-order valence-corrected chi connectivity index (χ2v) is 8.67. The molecule has 0 heterocycles. The molecule has 0 aromatic heterocycles. The molecule has 1 atom stereocenters. The molecule has 8 nitrogen and oxygen atoms in total. The number of carboxylic acid groups (broad SMARTS) is 1. The minimum atomic E-state index is -1.29. The number of ether oxygens (including phenoxy) is 3. The number of amides is 2. The van der Waals surface area contributed by atoms with Crippen molar-refractivity contribution in [1.82, 2.24) is 0 Å². The van der Waals surface area contributed by atoms with Gasteiger partial charge in [-0.15, -0.1) is 0 Å². The van der Waals surface area contributed by atoms with Crippen molar-refractivity contribution in [3.05, 3.63) is 112 Å². The molecule has 0 bridgehead atoms. The first-order chi connectivity index (χ1) is 18.8. The molecule has 3 N–H and O–H groups in total. The van der Waals surface area contributed by atoms with Crippen molar-refractivity contribution in [2.45, 2.75) is 6.10 Å². The summed E-state index contributed by atoms with van der Waals surface area (Å²) >= 11 is 6.02. The lowest BCUT2D eigenvalue weighted by atomic mass is 10.0. The molecule has 0 saturated heterocycles. The predicted molar refractivity (Wildman–Crippen MR) is 146 cm³/mol. The van der Waals surface area contributed by atoms with E-state index in [1.807, 2.05) is 0 Å². The molecular formula is C29H24ClFN2O6. The van der Waals surface area contributed by atoms with E-state index in [0.29, 0.717) is 27.8 Å². The first-order valence-corrected chi connectivity index (χ1v) is 12.0. The third-order valence-corrected chi connectivity index (χ3v) is 5.97. The van der Waals surface area contributed by atoms with Crippen LogP contribution in [0.15, 0.2) is 84.9 Å². The Balaban J connectivity index is 1.59. The number of benzene rings is 4. The highest BCUT2D eigenvalue weighted by Gasteiger charge is 2.23. The molecule has 4 aromatic rings. The Hall–Kier alpha value is -4.76. The molecule has 0 radical (unpaired) electrons. The molecule has 0 spiro atoms. The van der Waals surface area contributed by atoms with Crippen LogP contribution in [0.25, 0.3) is 0 Å². The zero-order valence-corrected chi connectivity index (χ0v) is 21.7. The Morgan fingerprint density at radius 2 is 1.44 bits per heavy atom. The SMILES string of the molecule is COc1ccc(NC(=O)Nc2ccc(OC(c3ccc(Cl)cc3)c3ccccc3F)c(C(=O)O)c2)cc1OC. The minimum absolute atomic E-state index is 0.0171. The number of anilines is 2. The van der Waals surface area contributed by atoms with E-state index in [0.717, 1.165) is 0 Å². The number of carbonyl (C=O) groups excluding carboxylic acids is 1. The van der Waals surface area contributed by atoms with Crippen molar-refractivity contribution in [3.63, 3.8) is 0 Å². The van der Waals surface area contributed by atoms with Crippen LogP contribution >= 0.6 is 11.6 Å². The summed E-state index contributed by atoms with van der Waals surface area (Å²) in [5.74, 6) is -0.902. The van der Waals surface area contributed by atoms with Crippen LogP contribution in [0.2, 0.25) is 5.02 Å². The number of halogens is 2. The van der Waals surface area contributed by atoms with E-state index < -0.39 is 23.9 Å². The van der Waals surface area contributed by atoms with E-state index in [1.165, 1.54) is 38.5 Å². The fraction of sp³-hybridized carbons (Fsp3) is 0.103. The normalized spacial score (nSPS) is 11.3. The van der Waals surface area contributed by atoms with Gasteiger partial charge >= 0.3 is 12.0 Å². The molecule has 39 heavy (non-hydrogen) atoms. The summed E-state index contributed by atoms with van der Waals surface area (Å²) in [6.45, 7) is 0. The van der Waals surface area contributed by atoms with Crippen LogP contribution in [0.3, 0.4) is 0 Å². The van der Waals surface area contributed by atoms with Gasteiger partial charge in [-0.2, -0.15) is 0 Å². The molecule has 1 unspecified atom stereocenters. The standard InChI is InChI=1S/C29H24ClFN2O6/c1-37-25-14-12-20(16-26(25)38-2)33-29(36)32-19-11-13-24(22(15-19)28(34)35)39-27(17-7-9-18(30)10-8-17)21-5-3-4-6-23(21)31/h3-16,27H,1-2H3,(H,34,35)(H2,32,33,36). The second-order valence-electron chi connectivity index (χ2n) is 8.24. The lowest BCUT2D eigenvalue weighted by Crippen LogP contribution is -2.20. The summed E-state index contributed by atoms with van der Waals surface area (Å²) in [5, 5.41) is 15.6. The van der Waals surface area contributed by atoms with E-state index in [9.17, 15) is 19.1 Å². The fourth-order valence-electron chi connectivity index (χ4n) is 3.85. The molecule has 200 valence electrons. The largest absolute Gasteiger partial charge is 0.493 e. The zero-order valence-electron chi connectivity index (χ0n) is 20.9. The van der Waals surface area contributed by atoms with Gasteiger partial charge < -0.3 is 30.0 Å². The Kier molecular flexibility index (Phi) is 8.53. The molecule has 0 aliphatic rings. The second kappa shape index (κ2) is 12.2. The average Bonchev–Trinajstić information content (AvgIpc) is 2.93. The number of hydrogen-bond donors (Lipinski definition) is 3. The lowest BCUT2D eigenvalue weighted by Gasteiger charge is -2.22. The first kappa shape index (κ1) is 27.3. The number of carbonyl (C=O) groups is 2. The average molecular weight is 551 g/mol.